The molecule has 0 aromatic carbocycles. The van der Waals surface area contributed by atoms with E-state index in [9.17, 15) is 14.9 Å². The van der Waals surface area contributed by atoms with Crippen molar-refractivity contribution in [3.63, 3.8) is 0 Å². The molecule has 2 aromatic rings. The maximum atomic E-state index is 12.6. The van der Waals surface area contributed by atoms with Gasteiger partial charge in [0.2, 0.25) is 0 Å². The predicted molar refractivity (Wildman–Crippen MR) is 103 cm³/mol. The Morgan fingerprint density at radius 3 is 3.00 bits per heavy atom. The fourth-order valence-electron chi connectivity index (χ4n) is 3.15. The van der Waals surface area contributed by atoms with Crippen molar-refractivity contribution in [1.82, 2.24) is 4.98 Å². The van der Waals surface area contributed by atoms with Crippen molar-refractivity contribution < 1.29 is 14.3 Å². The fraction of sp³-hybridized carbons (Fsp3) is 0.400. The Hall–Kier alpha value is -2.72. The number of ether oxygens (including phenoxy) is 1. The molecule has 140 valence electrons. The number of esters is 1. The number of pyridine rings is 1. The van der Waals surface area contributed by atoms with Crippen LogP contribution >= 0.6 is 11.3 Å². The molecule has 7 heteroatoms. The van der Waals surface area contributed by atoms with Crippen LogP contribution in [0.15, 0.2) is 24.5 Å². The monoisotopic (exact) mass is 383 g/mol. The Labute approximate surface area is 162 Å². The van der Waals surface area contributed by atoms with Gasteiger partial charge in [0.15, 0.2) is 6.10 Å². The number of nitrogens with zero attached hydrogens (tertiary/aromatic N) is 2. The number of aromatic nitrogens is 1. The maximum absolute atomic E-state index is 12.6. The SMILES string of the molecule is CCC(OC(=O)c1cccnc1)C(=O)Nc1sc2c(c1C#N)CCC(C)C2. The van der Waals surface area contributed by atoms with Crippen LogP contribution in [0.25, 0.3) is 0 Å². The Morgan fingerprint density at radius 2 is 2.33 bits per heavy atom. The number of carbonyl (C=O) groups excluding carboxylic acids is 2. The third kappa shape index (κ3) is 4.17. The lowest BCUT2D eigenvalue weighted by atomic mass is 9.88. The molecule has 1 aliphatic carbocycles. The van der Waals surface area contributed by atoms with Crippen LogP contribution in [0.5, 0.6) is 0 Å². The van der Waals surface area contributed by atoms with E-state index >= 15 is 0 Å². The van der Waals surface area contributed by atoms with Crippen LogP contribution in [0.3, 0.4) is 0 Å². The summed E-state index contributed by atoms with van der Waals surface area (Å²) in [5, 5.41) is 12.9. The summed E-state index contributed by atoms with van der Waals surface area (Å²) in [4.78, 5) is 29.9. The van der Waals surface area contributed by atoms with Crippen molar-refractivity contribution in [2.45, 2.75) is 45.6 Å². The summed E-state index contributed by atoms with van der Waals surface area (Å²) in [6, 6.07) is 5.45. The van der Waals surface area contributed by atoms with E-state index in [2.05, 4.69) is 23.3 Å². The van der Waals surface area contributed by atoms with E-state index in [0.29, 0.717) is 28.5 Å². The van der Waals surface area contributed by atoms with Crippen LogP contribution in [0.1, 0.15) is 53.1 Å². The van der Waals surface area contributed by atoms with Gasteiger partial charge in [-0.25, -0.2) is 4.79 Å². The van der Waals surface area contributed by atoms with Gasteiger partial charge >= 0.3 is 5.97 Å². The quantitative estimate of drug-likeness (QED) is 0.795. The average Bonchev–Trinajstić information content (AvgIpc) is 3.02. The van der Waals surface area contributed by atoms with Gasteiger partial charge in [-0.05, 0) is 49.3 Å². The topological polar surface area (TPSA) is 92.1 Å². The summed E-state index contributed by atoms with van der Waals surface area (Å²) in [6.07, 6.45) is 5.20. The van der Waals surface area contributed by atoms with Crippen molar-refractivity contribution in [3.8, 4) is 6.07 Å². The van der Waals surface area contributed by atoms with E-state index in [1.807, 2.05) is 0 Å². The van der Waals surface area contributed by atoms with Crippen molar-refractivity contribution in [1.29, 1.82) is 5.26 Å². The predicted octanol–water partition coefficient (Wildman–Crippen LogP) is 3.71. The summed E-state index contributed by atoms with van der Waals surface area (Å²) in [6.45, 7) is 3.96. The van der Waals surface area contributed by atoms with E-state index < -0.39 is 18.0 Å². The molecule has 0 radical (unpaired) electrons. The second kappa shape index (κ2) is 8.31. The van der Waals surface area contributed by atoms with Crippen molar-refractivity contribution >= 4 is 28.2 Å². The molecule has 0 bridgehead atoms. The van der Waals surface area contributed by atoms with Gasteiger partial charge in [-0.3, -0.25) is 9.78 Å². The highest BCUT2D eigenvalue weighted by molar-refractivity contribution is 7.16. The Kier molecular flexibility index (Phi) is 5.87. The smallest absolute Gasteiger partial charge is 0.340 e. The average molecular weight is 383 g/mol. The summed E-state index contributed by atoms with van der Waals surface area (Å²) in [5.74, 6) is -0.433. The Bertz CT molecular complexity index is 886. The molecule has 0 saturated carbocycles. The molecule has 2 heterocycles. The van der Waals surface area contributed by atoms with Crippen LogP contribution in [0.2, 0.25) is 0 Å². The zero-order chi connectivity index (χ0) is 19.4. The first-order chi connectivity index (χ1) is 13.0. The Balaban J connectivity index is 1.74. The molecule has 3 rings (SSSR count). The third-order valence-corrected chi connectivity index (χ3v) is 5.84. The molecule has 2 unspecified atom stereocenters. The van der Waals surface area contributed by atoms with Gasteiger partial charge in [-0.2, -0.15) is 5.26 Å². The molecule has 1 N–H and O–H groups in total. The summed E-state index contributed by atoms with van der Waals surface area (Å²) in [7, 11) is 0. The first-order valence-electron chi connectivity index (χ1n) is 9.00. The maximum Gasteiger partial charge on any atom is 0.340 e. The molecule has 1 amide bonds. The number of hydrogen-bond donors (Lipinski definition) is 1. The molecular weight excluding hydrogens is 362 g/mol. The molecule has 0 saturated heterocycles. The molecule has 2 aromatic heterocycles. The number of fused-ring (bicyclic) bond motifs is 1. The number of carbonyl (C=O) groups is 2. The zero-order valence-corrected chi connectivity index (χ0v) is 16.1. The van der Waals surface area contributed by atoms with Crippen LogP contribution in [-0.4, -0.2) is 23.0 Å². The van der Waals surface area contributed by atoms with E-state index in [1.165, 1.54) is 22.4 Å². The highest BCUT2D eigenvalue weighted by Gasteiger charge is 2.27. The lowest BCUT2D eigenvalue weighted by molar-refractivity contribution is -0.124. The van der Waals surface area contributed by atoms with E-state index in [1.54, 1.807) is 25.3 Å². The number of rotatable bonds is 5. The van der Waals surface area contributed by atoms with Crippen molar-refractivity contribution in [3.05, 3.63) is 46.1 Å². The van der Waals surface area contributed by atoms with Gasteiger partial charge in [0.25, 0.3) is 5.91 Å². The summed E-state index contributed by atoms with van der Waals surface area (Å²) in [5.41, 5.74) is 1.89. The highest BCUT2D eigenvalue weighted by Crippen LogP contribution is 2.39. The van der Waals surface area contributed by atoms with Crippen LogP contribution < -0.4 is 5.32 Å². The normalized spacial score (nSPS) is 16.7. The summed E-state index contributed by atoms with van der Waals surface area (Å²) >= 11 is 1.46. The second-order valence-electron chi connectivity index (χ2n) is 6.70. The number of anilines is 1. The first kappa shape index (κ1) is 19.1. The molecule has 0 aliphatic heterocycles. The van der Waals surface area contributed by atoms with E-state index in [0.717, 1.165) is 24.8 Å². The molecule has 2 atom stereocenters. The lowest BCUT2D eigenvalue weighted by Gasteiger charge is -2.17. The third-order valence-electron chi connectivity index (χ3n) is 4.67. The Morgan fingerprint density at radius 1 is 1.52 bits per heavy atom. The van der Waals surface area contributed by atoms with Gasteiger partial charge in [0.05, 0.1) is 11.1 Å². The van der Waals surface area contributed by atoms with E-state index in [-0.39, 0.29) is 0 Å². The summed E-state index contributed by atoms with van der Waals surface area (Å²) < 4.78 is 5.34. The minimum absolute atomic E-state index is 0.294. The number of hydrogen-bond acceptors (Lipinski definition) is 6. The molecule has 27 heavy (non-hydrogen) atoms. The largest absolute Gasteiger partial charge is 0.449 e. The first-order valence-corrected chi connectivity index (χ1v) is 9.81. The number of thiophene rings is 1. The van der Waals surface area contributed by atoms with E-state index in [4.69, 9.17) is 4.74 Å². The highest BCUT2D eigenvalue weighted by atomic mass is 32.1. The number of nitriles is 1. The van der Waals surface area contributed by atoms with Gasteiger partial charge in [0, 0.05) is 17.3 Å². The molecule has 0 spiro atoms. The number of amides is 1. The minimum Gasteiger partial charge on any atom is -0.449 e. The minimum atomic E-state index is -0.928. The van der Waals surface area contributed by atoms with Gasteiger partial charge in [-0.15, -0.1) is 11.3 Å². The van der Waals surface area contributed by atoms with Gasteiger partial charge in [0.1, 0.15) is 11.1 Å². The van der Waals surface area contributed by atoms with Crippen LogP contribution in [-0.2, 0) is 22.4 Å². The molecular formula is C20H21N3O3S. The lowest BCUT2D eigenvalue weighted by Crippen LogP contribution is -2.32. The molecule has 0 fully saturated rings. The molecule has 6 nitrogen and oxygen atoms in total. The zero-order valence-electron chi connectivity index (χ0n) is 15.3. The molecule has 1 aliphatic rings. The second-order valence-corrected chi connectivity index (χ2v) is 7.81. The van der Waals surface area contributed by atoms with Crippen molar-refractivity contribution in [2.24, 2.45) is 5.92 Å². The van der Waals surface area contributed by atoms with Crippen LogP contribution in [0.4, 0.5) is 5.00 Å². The van der Waals surface area contributed by atoms with Crippen LogP contribution in [0, 0.1) is 17.2 Å². The number of nitrogens with one attached hydrogen (secondary N) is 1. The van der Waals surface area contributed by atoms with Gasteiger partial charge in [-0.1, -0.05) is 13.8 Å². The standard InChI is InChI=1S/C20H21N3O3S/c1-3-16(26-20(25)13-5-4-8-22-11-13)18(24)23-19-15(10-21)14-7-6-12(2)9-17(14)27-19/h4-5,8,11-12,16H,3,6-7,9H2,1-2H3,(H,23,24). The fourth-order valence-corrected chi connectivity index (χ4v) is 4.52. The van der Waals surface area contributed by atoms with Gasteiger partial charge < -0.3 is 10.1 Å². The van der Waals surface area contributed by atoms with Crippen molar-refractivity contribution in [2.75, 3.05) is 5.32 Å².